The van der Waals surface area contributed by atoms with Crippen molar-refractivity contribution in [2.45, 2.75) is 51.9 Å². The van der Waals surface area contributed by atoms with E-state index in [2.05, 4.69) is 6.92 Å². The fourth-order valence-electron chi connectivity index (χ4n) is 3.26. The molecule has 0 aliphatic heterocycles. The van der Waals surface area contributed by atoms with Gasteiger partial charge in [-0.05, 0) is 24.2 Å². The molecule has 0 nitrogen and oxygen atoms in total. The van der Waals surface area contributed by atoms with Gasteiger partial charge in [-0.15, -0.1) is 0 Å². The summed E-state index contributed by atoms with van der Waals surface area (Å²) < 4.78 is 0. The number of hydrogen-bond acceptors (Lipinski definition) is 0. The minimum Gasteiger partial charge on any atom is -0.0622 e. The molecule has 1 unspecified atom stereocenters. The number of fused-ring (bicyclic) bond motifs is 1. The monoisotopic (exact) mass is 152 g/mol. The normalized spacial score (nSPS) is 45.0. The summed E-state index contributed by atoms with van der Waals surface area (Å²) in [6.45, 7) is 2.47. The van der Waals surface area contributed by atoms with E-state index >= 15 is 0 Å². The molecule has 3 atom stereocenters. The fourth-order valence-corrected chi connectivity index (χ4v) is 3.26. The van der Waals surface area contributed by atoms with Crippen molar-refractivity contribution in [1.82, 2.24) is 0 Å². The molecule has 0 amide bonds. The maximum absolute atomic E-state index is 2.47. The standard InChI is InChI=1S/C11H20/c1-9-5-4-7-10-6-2-3-8-11(9)10/h9-11H,2-8H2,1H3/t9?,10-,11+/m0/s1. The van der Waals surface area contributed by atoms with E-state index in [4.69, 9.17) is 0 Å². The van der Waals surface area contributed by atoms with E-state index in [0.717, 1.165) is 17.8 Å². The maximum atomic E-state index is 2.47. The molecule has 0 aromatic carbocycles. The lowest BCUT2D eigenvalue weighted by molar-refractivity contribution is 0.114. The van der Waals surface area contributed by atoms with E-state index in [9.17, 15) is 0 Å². The Hall–Kier alpha value is 0. The van der Waals surface area contributed by atoms with Gasteiger partial charge in [-0.1, -0.05) is 45.4 Å². The molecule has 2 aliphatic rings. The minimum absolute atomic E-state index is 1.05. The van der Waals surface area contributed by atoms with E-state index in [1.54, 1.807) is 19.3 Å². The zero-order valence-corrected chi connectivity index (χ0v) is 7.68. The smallest absolute Gasteiger partial charge is 0.0360 e. The Morgan fingerprint density at radius 2 is 1.55 bits per heavy atom. The lowest BCUT2D eigenvalue weighted by atomic mass is 9.66. The highest BCUT2D eigenvalue weighted by atomic mass is 14.4. The van der Waals surface area contributed by atoms with Gasteiger partial charge in [0.1, 0.15) is 0 Å². The van der Waals surface area contributed by atoms with Crippen LogP contribution < -0.4 is 0 Å². The number of hydrogen-bond donors (Lipinski definition) is 0. The van der Waals surface area contributed by atoms with Gasteiger partial charge in [-0.25, -0.2) is 0 Å². The molecule has 64 valence electrons. The van der Waals surface area contributed by atoms with Gasteiger partial charge in [0.05, 0.1) is 0 Å². The van der Waals surface area contributed by atoms with Crippen molar-refractivity contribution in [3.63, 3.8) is 0 Å². The van der Waals surface area contributed by atoms with Crippen LogP contribution in [0.4, 0.5) is 0 Å². The fraction of sp³-hybridized carbons (Fsp3) is 1.00. The molecule has 0 N–H and O–H groups in total. The molecule has 0 radical (unpaired) electrons. The van der Waals surface area contributed by atoms with Gasteiger partial charge < -0.3 is 0 Å². The highest BCUT2D eigenvalue weighted by molar-refractivity contribution is 4.82. The second-order valence-corrected chi connectivity index (χ2v) is 4.62. The summed E-state index contributed by atoms with van der Waals surface area (Å²) in [5, 5.41) is 0. The second kappa shape index (κ2) is 3.16. The van der Waals surface area contributed by atoms with Gasteiger partial charge >= 0.3 is 0 Å². The molecule has 0 aromatic heterocycles. The zero-order chi connectivity index (χ0) is 7.68. The maximum Gasteiger partial charge on any atom is -0.0360 e. The molecule has 2 saturated carbocycles. The molecule has 11 heavy (non-hydrogen) atoms. The topological polar surface area (TPSA) is 0 Å². The average molecular weight is 152 g/mol. The van der Waals surface area contributed by atoms with E-state index in [-0.39, 0.29) is 0 Å². The quantitative estimate of drug-likeness (QED) is 0.497. The molecule has 2 fully saturated rings. The lowest BCUT2D eigenvalue weighted by Crippen LogP contribution is -2.29. The van der Waals surface area contributed by atoms with Crippen LogP contribution in [0.2, 0.25) is 0 Å². The van der Waals surface area contributed by atoms with Crippen LogP contribution in [0.1, 0.15) is 51.9 Å². The molecule has 0 heterocycles. The van der Waals surface area contributed by atoms with Crippen LogP contribution in [0.5, 0.6) is 0 Å². The van der Waals surface area contributed by atoms with Crippen LogP contribution in [-0.4, -0.2) is 0 Å². The molecule has 2 aliphatic carbocycles. The highest BCUT2D eigenvalue weighted by Crippen LogP contribution is 2.43. The van der Waals surface area contributed by atoms with E-state index in [0.29, 0.717) is 0 Å². The molecular formula is C11H20. The predicted molar refractivity (Wildman–Crippen MR) is 48.5 cm³/mol. The molecule has 0 spiro atoms. The zero-order valence-electron chi connectivity index (χ0n) is 7.68. The molecule has 0 saturated heterocycles. The Labute approximate surface area is 70.4 Å². The summed E-state index contributed by atoms with van der Waals surface area (Å²) in [5.74, 6) is 3.30. The summed E-state index contributed by atoms with van der Waals surface area (Å²) in [7, 11) is 0. The van der Waals surface area contributed by atoms with Crippen LogP contribution in [0.15, 0.2) is 0 Å². The second-order valence-electron chi connectivity index (χ2n) is 4.62. The first-order valence-electron chi connectivity index (χ1n) is 5.38. The lowest BCUT2D eigenvalue weighted by Gasteiger charge is -2.39. The average Bonchev–Trinajstić information content (AvgIpc) is 2.06. The molecule has 0 aromatic rings. The Kier molecular flexibility index (Phi) is 2.20. The first kappa shape index (κ1) is 7.64. The summed E-state index contributed by atoms with van der Waals surface area (Å²) in [6.07, 6.45) is 10.7. The van der Waals surface area contributed by atoms with Gasteiger partial charge in [0, 0.05) is 0 Å². The van der Waals surface area contributed by atoms with Crippen LogP contribution in [0.3, 0.4) is 0 Å². The third-order valence-electron chi connectivity index (χ3n) is 3.93. The van der Waals surface area contributed by atoms with Crippen molar-refractivity contribution >= 4 is 0 Å². The summed E-state index contributed by atoms with van der Waals surface area (Å²) in [4.78, 5) is 0. The van der Waals surface area contributed by atoms with Gasteiger partial charge in [-0.3, -0.25) is 0 Å². The molecule has 2 rings (SSSR count). The van der Waals surface area contributed by atoms with Crippen LogP contribution in [0, 0.1) is 17.8 Å². The Bertz CT molecular complexity index is 126. The van der Waals surface area contributed by atoms with Crippen molar-refractivity contribution in [3.05, 3.63) is 0 Å². The Morgan fingerprint density at radius 3 is 2.36 bits per heavy atom. The SMILES string of the molecule is CC1CCC[C@@H]2CCCC[C@H]12. The van der Waals surface area contributed by atoms with E-state index < -0.39 is 0 Å². The van der Waals surface area contributed by atoms with E-state index in [1.165, 1.54) is 25.7 Å². The number of rotatable bonds is 0. The van der Waals surface area contributed by atoms with Crippen molar-refractivity contribution in [1.29, 1.82) is 0 Å². The summed E-state index contributed by atoms with van der Waals surface area (Å²) in [6, 6.07) is 0. The third-order valence-corrected chi connectivity index (χ3v) is 3.93. The first-order chi connectivity index (χ1) is 5.38. The van der Waals surface area contributed by atoms with E-state index in [1.807, 2.05) is 0 Å². The third kappa shape index (κ3) is 1.45. The molecular weight excluding hydrogens is 132 g/mol. The van der Waals surface area contributed by atoms with Crippen LogP contribution in [-0.2, 0) is 0 Å². The van der Waals surface area contributed by atoms with Crippen molar-refractivity contribution < 1.29 is 0 Å². The van der Waals surface area contributed by atoms with Crippen LogP contribution >= 0.6 is 0 Å². The van der Waals surface area contributed by atoms with Crippen LogP contribution in [0.25, 0.3) is 0 Å². The van der Waals surface area contributed by atoms with Crippen molar-refractivity contribution in [2.24, 2.45) is 17.8 Å². The largest absolute Gasteiger partial charge is 0.0622 e. The first-order valence-corrected chi connectivity index (χ1v) is 5.38. The van der Waals surface area contributed by atoms with Gasteiger partial charge in [0.2, 0.25) is 0 Å². The van der Waals surface area contributed by atoms with Gasteiger partial charge in [0.25, 0.3) is 0 Å². The minimum atomic E-state index is 1.05. The van der Waals surface area contributed by atoms with Gasteiger partial charge in [-0.2, -0.15) is 0 Å². The summed E-state index contributed by atoms with van der Waals surface area (Å²) >= 11 is 0. The molecule has 0 bridgehead atoms. The van der Waals surface area contributed by atoms with Crippen molar-refractivity contribution in [3.8, 4) is 0 Å². The Morgan fingerprint density at radius 1 is 0.818 bits per heavy atom. The Balaban J connectivity index is 1.99. The predicted octanol–water partition coefficient (Wildman–Crippen LogP) is 3.61. The highest BCUT2D eigenvalue weighted by Gasteiger charge is 2.31. The summed E-state index contributed by atoms with van der Waals surface area (Å²) in [5.41, 5.74) is 0. The molecule has 0 heteroatoms. The van der Waals surface area contributed by atoms with Gasteiger partial charge in [0.15, 0.2) is 0 Å². The van der Waals surface area contributed by atoms with Crippen molar-refractivity contribution in [2.75, 3.05) is 0 Å².